The summed E-state index contributed by atoms with van der Waals surface area (Å²) < 4.78 is 11.5. The van der Waals surface area contributed by atoms with Crippen molar-refractivity contribution in [3.05, 3.63) is 26.6 Å². The molecule has 1 spiro atoms. The molecule has 0 radical (unpaired) electrons. The first-order valence-electron chi connectivity index (χ1n) is 9.00. The van der Waals surface area contributed by atoms with E-state index in [1.165, 1.54) is 11.3 Å². The summed E-state index contributed by atoms with van der Waals surface area (Å²) >= 11 is 1.28. The molecule has 2 aliphatic rings. The predicted octanol–water partition coefficient (Wildman–Crippen LogP) is 2.06. The van der Waals surface area contributed by atoms with Gasteiger partial charge >= 0.3 is 0 Å². The summed E-state index contributed by atoms with van der Waals surface area (Å²) in [4.78, 5) is 33.3. The molecule has 8 heteroatoms. The number of thiophene rings is 1. The standard InChI is InChI=1S/C18H23N3O4S/c1-10-13-15(22)19-11(2)20-17(13)26-14(10)16(23)21-12-3-6-25-18(9-12)4-7-24-8-5-18/h12H,3-9H2,1-2H3,(H,21,23)(H,19,20,22)/t12-/m1/s1. The first-order valence-corrected chi connectivity index (χ1v) is 9.82. The molecule has 1 amide bonds. The van der Waals surface area contributed by atoms with Gasteiger partial charge in [-0.1, -0.05) is 0 Å². The Morgan fingerprint density at radius 2 is 2.08 bits per heavy atom. The Hall–Kier alpha value is -1.77. The van der Waals surface area contributed by atoms with Crippen LogP contribution in [0.3, 0.4) is 0 Å². The van der Waals surface area contributed by atoms with Crippen molar-refractivity contribution in [2.75, 3.05) is 19.8 Å². The second-order valence-electron chi connectivity index (χ2n) is 7.19. The molecule has 2 fully saturated rings. The second-order valence-corrected chi connectivity index (χ2v) is 8.19. The number of aromatic amines is 1. The Balaban J connectivity index is 1.55. The maximum absolute atomic E-state index is 12.9. The van der Waals surface area contributed by atoms with Crippen LogP contribution >= 0.6 is 11.3 Å². The lowest BCUT2D eigenvalue weighted by Crippen LogP contribution is -2.51. The van der Waals surface area contributed by atoms with Crippen LogP contribution in [0.4, 0.5) is 0 Å². The van der Waals surface area contributed by atoms with Crippen molar-refractivity contribution in [1.82, 2.24) is 15.3 Å². The van der Waals surface area contributed by atoms with E-state index in [0.29, 0.717) is 46.3 Å². The second kappa shape index (κ2) is 6.75. The fraction of sp³-hybridized carbons (Fsp3) is 0.611. The molecule has 4 rings (SSSR count). The average Bonchev–Trinajstić information content (AvgIpc) is 2.92. The number of amides is 1. The van der Waals surface area contributed by atoms with Gasteiger partial charge in [-0.25, -0.2) is 4.98 Å². The Labute approximate surface area is 155 Å². The summed E-state index contributed by atoms with van der Waals surface area (Å²) in [5.41, 5.74) is 0.344. The van der Waals surface area contributed by atoms with Crippen LogP contribution in [0.15, 0.2) is 4.79 Å². The van der Waals surface area contributed by atoms with E-state index in [0.717, 1.165) is 25.7 Å². The molecule has 4 heterocycles. The topological polar surface area (TPSA) is 93.3 Å². The SMILES string of the molecule is Cc1nc2sc(C(=O)N[C@@H]3CCOC4(CCOCC4)C3)c(C)c2c(=O)[nH]1. The fourth-order valence-corrected chi connectivity index (χ4v) is 5.09. The lowest BCUT2D eigenvalue weighted by atomic mass is 9.84. The van der Waals surface area contributed by atoms with Crippen LogP contribution in [0.25, 0.3) is 10.2 Å². The molecule has 0 unspecified atom stereocenters. The van der Waals surface area contributed by atoms with Crippen LogP contribution in [0.1, 0.15) is 46.7 Å². The van der Waals surface area contributed by atoms with Crippen molar-refractivity contribution >= 4 is 27.5 Å². The molecule has 2 aromatic rings. The van der Waals surface area contributed by atoms with Gasteiger partial charge in [0.15, 0.2) is 0 Å². The van der Waals surface area contributed by atoms with E-state index >= 15 is 0 Å². The summed E-state index contributed by atoms with van der Waals surface area (Å²) in [6.07, 6.45) is 3.36. The highest BCUT2D eigenvalue weighted by molar-refractivity contribution is 7.20. The molecule has 1 atom stereocenters. The Morgan fingerprint density at radius 1 is 1.31 bits per heavy atom. The number of ether oxygens (including phenoxy) is 2. The molecule has 2 N–H and O–H groups in total. The fourth-order valence-electron chi connectivity index (χ4n) is 3.96. The Morgan fingerprint density at radius 3 is 2.85 bits per heavy atom. The number of H-pyrrole nitrogens is 1. The molecule has 0 aromatic carbocycles. The van der Waals surface area contributed by atoms with Gasteiger partial charge in [0.25, 0.3) is 11.5 Å². The summed E-state index contributed by atoms with van der Waals surface area (Å²) in [5.74, 6) is 0.429. The van der Waals surface area contributed by atoms with E-state index in [9.17, 15) is 9.59 Å². The third-order valence-corrected chi connectivity index (χ3v) is 6.54. The van der Waals surface area contributed by atoms with Crippen LogP contribution in [0.5, 0.6) is 0 Å². The van der Waals surface area contributed by atoms with E-state index in [1.54, 1.807) is 6.92 Å². The summed E-state index contributed by atoms with van der Waals surface area (Å²) in [5, 5.41) is 3.67. The number of hydrogen-bond donors (Lipinski definition) is 2. The summed E-state index contributed by atoms with van der Waals surface area (Å²) in [7, 11) is 0. The molecule has 2 aromatic heterocycles. The maximum atomic E-state index is 12.9. The first kappa shape index (κ1) is 17.6. The zero-order chi connectivity index (χ0) is 18.3. The number of aromatic nitrogens is 2. The minimum atomic E-state index is -0.187. The highest BCUT2D eigenvalue weighted by Crippen LogP contribution is 2.35. The number of nitrogens with one attached hydrogen (secondary N) is 2. The van der Waals surface area contributed by atoms with Gasteiger partial charge in [-0.15, -0.1) is 11.3 Å². The van der Waals surface area contributed by atoms with E-state index in [4.69, 9.17) is 9.47 Å². The highest BCUT2D eigenvalue weighted by Gasteiger charge is 2.39. The van der Waals surface area contributed by atoms with E-state index in [2.05, 4.69) is 15.3 Å². The Kier molecular flexibility index (Phi) is 4.58. The number of carbonyl (C=O) groups excluding carboxylic acids is 1. The van der Waals surface area contributed by atoms with Crippen LogP contribution in [-0.4, -0.2) is 47.3 Å². The quantitative estimate of drug-likeness (QED) is 0.836. The van der Waals surface area contributed by atoms with Crippen molar-refractivity contribution in [3.63, 3.8) is 0 Å². The predicted molar refractivity (Wildman–Crippen MR) is 98.9 cm³/mol. The van der Waals surface area contributed by atoms with Crippen molar-refractivity contribution in [3.8, 4) is 0 Å². The number of fused-ring (bicyclic) bond motifs is 1. The molecule has 140 valence electrons. The van der Waals surface area contributed by atoms with Gasteiger partial charge in [-0.2, -0.15) is 0 Å². The summed E-state index contributed by atoms with van der Waals surface area (Å²) in [6.45, 7) is 5.62. The van der Waals surface area contributed by atoms with Gasteiger partial charge in [-0.05, 0) is 45.1 Å². The molecule has 26 heavy (non-hydrogen) atoms. The molecule has 2 aliphatic heterocycles. The van der Waals surface area contributed by atoms with Crippen molar-refractivity contribution in [1.29, 1.82) is 0 Å². The molecular weight excluding hydrogens is 354 g/mol. The monoisotopic (exact) mass is 377 g/mol. The van der Waals surface area contributed by atoms with Crippen LogP contribution in [0, 0.1) is 13.8 Å². The van der Waals surface area contributed by atoms with Gasteiger partial charge in [0.05, 0.1) is 15.9 Å². The first-order chi connectivity index (χ1) is 12.5. The summed E-state index contributed by atoms with van der Waals surface area (Å²) in [6, 6.07) is 0.0759. The zero-order valence-electron chi connectivity index (χ0n) is 15.0. The van der Waals surface area contributed by atoms with Gasteiger partial charge in [-0.3, -0.25) is 9.59 Å². The number of nitrogens with zero attached hydrogens (tertiary/aromatic N) is 1. The maximum Gasteiger partial charge on any atom is 0.261 e. The molecule has 0 saturated carbocycles. The minimum absolute atomic E-state index is 0.0759. The normalized spacial score (nSPS) is 22.6. The third kappa shape index (κ3) is 3.17. The Bertz CT molecular complexity index is 892. The van der Waals surface area contributed by atoms with Gasteiger partial charge in [0, 0.05) is 25.9 Å². The van der Waals surface area contributed by atoms with Gasteiger partial charge in [0.2, 0.25) is 0 Å². The van der Waals surface area contributed by atoms with E-state index in [-0.39, 0.29) is 23.1 Å². The minimum Gasteiger partial charge on any atom is -0.381 e. The lowest BCUT2D eigenvalue weighted by Gasteiger charge is -2.43. The third-order valence-electron chi connectivity index (χ3n) is 5.36. The molecule has 0 aliphatic carbocycles. The van der Waals surface area contributed by atoms with Crippen molar-refractivity contribution in [2.24, 2.45) is 0 Å². The van der Waals surface area contributed by atoms with Crippen molar-refractivity contribution in [2.45, 2.75) is 51.2 Å². The molecular formula is C18H23N3O4S. The number of hydrogen-bond acceptors (Lipinski definition) is 6. The zero-order valence-corrected chi connectivity index (χ0v) is 15.8. The number of carbonyl (C=O) groups is 1. The van der Waals surface area contributed by atoms with Crippen molar-refractivity contribution < 1.29 is 14.3 Å². The molecule has 7 nitrogen and oxygen atoms in total. The average molecular weight is 377 g/mol. The molecule has 0 bridgehead atoms. The van der Waals surface area contributed by atoms with Crippen LogP contribution in [0.2, 0.25) is 0 Å². The van der Waals surface area contributed by atoms with E-state index < -0.39 is 0 Å². The van der Waals surface area contributed by atoms with E-state index in [1.807, 2.05) is 6.92 Å². The lowest BCUT2D eigenvalue weighted by molar-refractivity contribution is -0.139. The molecule has 2 saturated heterocycles. The van der Waals surface area contributed by atoms with Gasteiger partial charge in [0.1, 0.15) is 10.7 Å². The highest BCUT2D eigenvalue weighted by atomic mass is 32.1. The largest absolute Gasteiger partial charge is 0.381 e. The van der Waals surface area contributed by atoms with Crippen LogP contribution in [-0.2, 0) is 9.47 Å². The number of aryl methyl sites for hydroxylation is 2. The number of rotatable bonds is 2. The smallest absolute Gasteiger partial charge is 0.261 e. The van der Waals surface area contributed by atoms with Crippen LogP contribution < -0.4 is 10.9 Å². The van der Waals surface area contributed by atoms with Gasteiger partial charge < -0.3 is 19.8 Å².